The van der Waals surface area contributed by atoms with Gasteiger partial charge in [0, 0.05) is 5.69 Å². The van der Waals surface area contributed by atoms with E-state index in [2.05, 4.69) is 26.2 Å². The Labute approximate surface area is 163 Å². The maximum atomic E-state index is 12.3. The second-order valence-electron chi connectivity index (χ2n) is 7.34. The molecule has 1 aromatic heterocycles. The van der Waals surface area contributed by atoms with E-state index in [0.29, 0.717) is 5.16 Å². The maximum Gasteiger partial charge on any atom is 0.243 e. The van der Waals surface area contributed by atoms with Crippen molar-refractivity contribution in [1.82, 2.24) is 25.5 Å². The summed E-state index contributed by atoms with van der Waals surface area (Å²) in [5.41, 5.74) is 2.46. The van der Waals surface area contributed by atoms with E-state index in [0.717, 1.165) is 16.8 Å². The van der Waals surface area contributed by atoms with Gasteiger partial charge in [-0.15, -0.1) is 5.10 Å². The Bertz CT molecular complexity index is 807. The summed E-state index contributed by atoms with van der Waals surface area (Å²) < 4.78 is 1.68. The Kier molecular flexibility index (Phi) is 6.59. The molecule has 0 aliphatic carbocycles. The Morgan fingerprint density at radius 3 is 2.44 bits per heavy atom. The third-order valence-electron chi connectivity index (χ3n) is 3.90. The average Bonchev–Trinajstić information content (AvgIpc) is 3.04. The largest absolute Gasteiger partial charge is 0.346 e. The summed E-state index contributed by atoms with van der Waals surface area (Å²) >= 11 is 1.26. The molecular weight excluding hydrogens is 364 g/mol. The van der Waals surface area contributed by atoms with Gasteiger partial charge >= 0.3 is 0 Å². The molecule has 0 fully saturated rings. The Hall–Kier alpha value is -2.42. The summed E-state index contributed by atoms with van der Waals surface area (Å²) in [6.07, 6.45) is 0. The lowest BCUT2D eigenvalue weighted by atomic mass is 10.1. The summed E-state index contributed by atoms with van der Waals surface area (Å²) in [5, 5.41) is 17.3. The first-order valence-electron chi connectivity index (χ1n) is 8.69. The lowest BCUT2D eigenvalue weighted by molar-refractivity contribution is -0.123. The molecule has 2 amide bonds. The van der Waals surface area contributed by atoms with Gasteiger partial charge < -0.3 is 10.6 Å². The van der Waals surface area contributed by atoms with Gasteiger partial charge in [0.2, 0.25) is 17.0 Å². The number of hydrogen-bond acceptors (Lipinski definition) is 6. The molecule has 0 saturated heterocycles. The van der Waals surface area contributed by atoms with Crippen LogP contribution in [-0.4, -0.2) is 43.8 Å². The van der Waals surface area contributed by atoms with Crippen LogP contribution in [0.3, 0.4) is 0 Å². The predicted molar refractivity (Wildman–Crippen MR) is 106 cm³/mol. The molecule has 0 saturated carbocycles. The van der Waals surface area contributed by atoms with Crippen LogP contribution in [0.2, 0.25) is 0 Å². The Morgan fingerprint density at radius 2 is 1.85 bits per heavy atom. The first kappa shape index (κ1) is 20.9. The molecule has 0 unspecified atom stereocenters. The van der Waals surface area contributed by atoms with Crippen molar-refractivity contribution in [3.8, 4) is 0 Å². The average molecular weight is 391 g/mol. The first-order valence-corrected chi connectivity index (χ1v) is 9.57. The van der Waals surface area contributed by atoms with Gasteiger partial charge in [-0.1, -0.05) is 30.0 Å². The molecule has 1 aromatic carbocycles. The van der Waals surface area contributed by atoms with Crippen molar-refractivity contribution in [1.29, 1.82) is 0 Å². The van der Waals surface area contributed by atoms with Crippen LogP contribution in [0.4, 0.5) is 5.69 Å². The SMILES string of the molecule is Cc1cccc(C)c1NC(=O)CNC(=O)[C@H](C)Sc1nnnn1C(C)(C)C. The Balaban J connectivity index is 1.90. The van der Waals surface area contributed by atoms with Crippen LogP contribution >= 0.6 is 11.8 Å². The molecule has 2 N–H and O–H groups in total. The minimum Gasteiger partial charge on any atom is -0.346 e. The zero-order valence-corrected chi connectivity index (χ0v) is 17.3. The molecule has 27 heavy (non-hydrogen) atoms. The van der Waals surface area contributed by atoms with Crippen molar-refractivity contribution in [2.45, 2.75) is 57.5 Å². The van der Waals surface area contributed by atoms with Crippen LogP contribution in [-0.2, 0) is 15.1 Å². The minimum absolute atomic E-state index is 0.0955. The molecule has 0 radical (unpaired) electrons. The molecule has 2 aromatic rings. The van der Waals surface area contributed by atoms with Gasteiger partial charge in [-0.05, 0) is 63.1 Å². The van der Waals surface area contributed by atoms with Crippen molar-refractivity contribution in [3.05, 3.63) is 29.3 Å². The summed E-state index contributed by atoms with van der Waals surface area (Å²) in [6.45, 7) is 11.5. The van der Waals surface area contributed by atoms with E-state index in [-0.39, 0.29) is 23.9 Å². The molecule has 1 heterocycles. The topological polar surface area (TPSA) is 102 Å². The molecule has 2 rings (SSSR count). The van der Waals surface area contributed by atoms with Gasteiger partial charge in [-0.3, -0.25) is 9.59 Å². The highest BCUT2D eigenvalue weighted by Gasteiger charge is 2.24. The van der Waals surface area contributed by atoms with Crippen molar-refractivity contribution in [2.24, 2.45) is 0 Å². The fourth-order valence-electron chi connectivity index (χ4n) is 2.39. The highest BCUT2D eigenvalue weighted by atomic mass is 32.2. The molecule has 146 valence electrons. The molecule has 0 aliphatic heterocycles. The zero-order chi connectivity index (χ0) is 20.2. The van der Waals surface area contributed by atoms with E-state index in [9.17, 15) is 9.59 Å². The third-order valence-corrected chi connectivity index (χ3v) is 4.93. The number of para-hydroxylation sites is 1. The molecule has 0 aliphatic rings. The highest BCUT2D eigenvalue weighted by Crippen LogP contribution is 2.25. The van der Waals surface area contributed by atoms with E-state index in [1.165, 1.54) is 11.8 Å². The summed E-state index contributed by atoms with van der Waals surface area (Å²) in [6, 6.07) is 5.80. The predicted octanol–water partition coefficient (Wildman–Crippen LogP) is 2.28. The molecule has 8 nitrogen and oxygen atoms in total. The van der Waals surface area contributed by atoms with E-state index >= 15 is 0 Å². The van der Waals surface area contributed by atoms with Gasteiger partial charge in [0.15, 0.2) is 0 Å². The zero-order valence-electron chi connectivity index (χ0n) is 16.5. The number of amides is 2. The van der Waals surface area contributed by atoms with E-state index in [1.54, 1.807) is 11.6 Å². The quantitative estimate of drug-likeness (QED) is 0.734. The second-order valence-corrected chi connectivity index (χ2v) is 8.64. The van der Waals surface area contributed by atoms with E-state index in [1.807, 2.05) is 52.8 Å². The normalized spacial score (nSPS) is 12.5. The standard InChI is InChI=1S/C18H26N6O2S/c1-11-8-7-9-12(2)15(11)20-14(25)10-19-16(26)13(3)27-17-21-22-23-24(17)18(4,5)6/h7-9,13H,10H2,1-6H3,(H,19,26)(H,20,25)/t13-/m0/s1. The van der Waals surface area contributed by atoms with Crippen LogP contribution < -0.4 is 10.6 Å². The van der Waals surface area contributed by atoms with E-state index < -0.39 is 5.25 Å². The van der Waals surface area contributed by atoms with Crippen molar-refractivity contribution in [2.75, 3.05) is 11.9 Å². The number of aromatic nitrogens is 4. The highest BCUT2D eigenvalue weighted by molar-refractivity contribution is 8.00. The fourth-order valence-corrected chi connectivity index (χ4v) is 3.39. The second kappa shape index (κ2) is 8.51. The maximum absolute atomic E-state index is 12.3. The number of benzene rings is 1. The van der Waals surface area contributed by atoms with Crippen LogP contribution in [0.15, 0.2) is 23.4 Å². The lowest BCUT2D eigenvalue weighted by Gasteiger charge is -2.20. The van der Waals surface area contributed by atoms with Gasteiger partial charge in [-0.25, -0.2) is 4.68 Å². The molecule has 1 atom stereocenters. The first-order chi connectivity index (χ1) is 12.6. The monoisotopic (exact) mass is 390 g/mol. The van der Waals surface area contributed by atoms with Gasteiger partial charge in [0.1, 0.15) is 0 Å². The number of hydrogen-bond donors (Lipinski definition) is 2. The minimum atomic E-state index is -0.440. The molecule has 0 bridgehead atoms. The lowest BCUT2D eigenvalue weighted by Crippen LogP contribution is -2.37. The molecule has 0 spiro atoms. The summed E-state index contributed by atoms with van der Waals surface area (Å²) in [7, 11) is 0. The number of anilines is 1. The number of carbonyl (C=O) groups excluding carboxylic acids is 2. The number of rotatable bonds is 6. The van der Waals surface area contributed by atoms with Crippen LogP contribution in [0.25, 0.3) is 0 Å². The number of nitrogens with zero attached hydrogens (tertiary/aromatic N) is 4. The summed E-state index contributed by atoms with van der Waals surface area (Å²) in [4.78, 5) is 24.5. The number of thioether (sulfide) groups is 1. The number of aryl methyl sites for hydroxylation is 2. The van der Waals surface area contributed by atoms with Crippen molar-refractivity contribution < 1.29 is 9.59 Å². The Morgan fingerprint density at radius 1 is 1.22 bits per heavy atom. The summed E-state index contributed by atoms with van der Waals surface area (Å²) in [5.74, 6) is -0.516. The van der Waals surface area contributed by atoms with Crippen LogP contribution in [0.1, 0.15) is 38.8 Å². The smallest absolute Gasteiger partial charge is 0.243 e. The number of nitrogens with one attached hydrogen (secondary N) is 2. The molecule has 9 heteroatoms. The third kappa shape index (κ3) is 5.53. The van der Waals surface area contributed by atoms with Crippen molar-refractivity contribution >= 4 is 29.3 Å². The fraction of sp³-hybridized carbons (Fsp3) is 0.500. The number of carbonyl (C=O) groups is 2. The van der Waals surface area contributed by atoms with Gasteiger partial charge in [-0.2, -0.15) is 0 Å². The van der Waals surface area contributed by atoms with Crippen LogP contribution in [0.5, 0.6) is 0 Å². The van der Waals surface area contributed by atoms with E-state index in [4.69, 9.17) is 0 Å². The van der Waals surface area contributed by atoms with Gasteiger partial charge in [0.25, 0.3) is 0 Å². The number of tetrazole rings is 1. The van der Waals surface area contributed by atoms with Crippen LogP contribution in [0, 0.1) is 13.8 Å². The molecular formula is C18H26N6O2S. The van der Waals surface area contributed by atoms with Gasteiger partial charge in [0.05, 0.1) is 17.3 Å². The van der Waals surface area contributed by atoms with Crippen molar-refractivity contribution in [3.63, 3.8) is 0 Å².